The molecule has 0 saturated heterocycles. The van der Waals surface area contributed by atoms with Gasteiger partial charge >= 0.3 is 0 Å². The summed E-state index contributed by atoms with van der Waals surface area (Å²) >= 11 is 6.04. The third-order valence-electron chi connectivity index (χ3n) is 4.15. The van der Waals surface area contributed by atoms with Crippen molar-refractivity contribution in [2.75, 3.05) is 29.5 Å². The van der Waals surface area contributed by atoms with E-state index in [1.165, 1.54) is 34.9 Å². The lowest BCUT2D eigenvalue weighted by Gasteiger charge is -2.22. The van der Waals surface area contributed by atoms with Gasteiger partial charge in [0.25, 0.3) is 0 Å². The normalized spacial score (nSPS) is 16.2. The predicted molar refractivity (Wildman–Crippen MR) is 123 cm³/mol. The van der Waals surface area contributed by atoms with Gasteiger partial charge < -0.3 is 10.2 Å². The van der Waals surface area contributed by atoms with Gasteiger partial charge in [-0.25, -0.2) is 0 Å². The van der Waals surface area contributed by atoms with Gasteiger partial charge in [-0.1, -0.05) is 60.8 Å². The SMILES string of the molecule is CCCNC(=O)CSc1nnc(SCC(=O)N2CCC(C)Sc3ccccc32)s1. The minimum Gasteiger partial charge on any atom is -0.355 e. The highest BCUT2D eigenvalue weighted by atomic mass is 32.2. The van der Waals surface area contributed by atoms with Crippen LogP contribution in [0.25, 0.3) is 0 Å². The second-order valence-corrected chi connectivity index (χ2v) is 11.4. The molecule has 0 bridgehead atoms. The molecule has 1 aromatic heterocycles. The third-order valence-corrected chi connectivity index (χ3v) is 8.56. The van der Waals surface area contributed by atoms with E-state index >= 15 is 0 Å². The van der Waals surface area contributed by atoms with Gasteiger partial charge in [0.1, 0.15) is 0 Å². The van der Waals surface area contributed by atoms with Gasteiger partial charge in [0.05, 0.1) is 17.2 Å². The van der Waals surface area contributed by atoms with Crippen LogP contribution in [0.4, 0.5) is 5.69 Å². The Morgan fingerprint density at radius 1 is 1.21 bits per heavy atom. The number of carbonyl (C=O) groups is 2. The van der Waals surface area contributed by atoms with Crippen LogP contribution >= 0.6 is 46.6 Å². The number of thioether (sulfide) groups is 3. The summed E-state index contributed by atoms with van der Waals surface area (Å²) in [5.74, 6) is 0.742. The van der Waals surface area contributed by atoms with E-state index in [-0.39, 0.29) is 11.8 Å². The van der Waals surface area contributed by atoms with Gasteiger partial charge in [-0.05, 0) is 25.0 Å². The molecule has 0 aliphatic carbocycles. The molecule has 2 heterocycles. The number of benzene rings is 1. The first kappa shape index (κ1) is 22.5. The summed E-state index contributed by atoms with van der Waals surface area (Å²) < 4.78 is 1.50. The maximum absolute atomic E-state index is 12.9. The zero-order valence-corrected chi connectivity index (χ0v) is 19.7. The first-order valence-electron chi connectivity index (χ1n) is 9.48. The number of nitrogens with zero attached hydrogens (tertiary/aromatic N) is 3. The average molecular weight is 469 g/mol. The number of hydrogen-bond donors (Lipinski definition) is 1. The van der Waals surface area contributed by atoms with Crippen LogP contribution in [0.1, 0.15) is 26.7 Å². The molecule has 156 valence electrons. The van der Waals surface area contributed by atoms with Crippen molar-refractivity contribution < 1.29 is 9.59 Å². The summed E-state index contributed by atoms with van der Waals surface area (Å²) in [5.41, 5.74) is 0.999. The van der Waals surface area contributed by atoms with Crippen LogP contribution in [-0.4, -0.2) is 51.9 Å². The molecule has 0 radical (unpaired) electrons. The number of para-hydroxylation sites is 1. The molecular formula is C19H24N4O2S4. The fourth-order valence-corrected chi connectivity index (χ4v) is 6.54. The number of amides is 2. The number of carbonyl (C=O) groups excluding carboxylic acids is 2. The summed E-state index contributed by atoms with van der Waals surface area (Å²) in [4.78, 5) is 27.7. The largest absolute Gasteiger partial charge is 0.355 e. The zero-order chi connectivity index (χ0) is 20.6. The Hall–Kier alpha value is -1.23. The van der Waals surface area contributed by atoms with E-state index in [9.17, 15) is 9.59 Å². The average Bonchev–Trinajstić information content (AvgIpc) is 3.10. The van der Waals surface area contributed by atoms with Crippen molar-refractivity contribution in [2.45, 2.75) is 45.5 Å². The maximum Gasteiger partial charge on any atom is 0.237 e. The van der Waals surface area contributed by atoms with E-state index in [0.29, 0.717) is 23.3 Å². The van der Waals surface area contributed by atoms with Gasteiger partial charge in [0.15, 0.2) is 8.68 Å². The van der Waals surface area contributed by atoms with Crippen LogP contribution in [0.3, 0.4) is 0 Å². The first-order valence-corrected chi connectivity index (χ1v) is 13.2. The number of rotatable bonds is 8. The molecular weight excluding hydrogens is 445 g/mol. The molecule has 3 rings (SSSR count). The highest BCUT2D eigenvalue weighted by Gasteiger charge is 2.24. The van der Waals surface area contributed by atoms with Crippen molar-refractivity contribution in [3.63, 3.8) is 0 Å². The van der Waals surface area contributed by atoms with Crippen LogP contribution in [0.5, 0.6) is 0 Å². The smallest absolute Gasteiger partial charge is 0.237 e. The van der Waals surface area contributed by atoms with E-state index < -0.39 is 0 Å². The summed E-state index contributed by atoms with van der Waals surface area (Å²) in [5, 5.41) is 11.6. The summed E-state index contributed by atoms with van der Waals surface area (Å²) in [6, 6.07) is 8.10. The van der Waals surface area contributed by atoms with Gasteiger partial charge in [-0.15, -0.1) is 22.0 Å². The lowest BCUT2D eigenvalue weighted by Crippen LogP contribution is -2.33. The fourth-order valence-electron chi connectivity index (χ4n) is 2.70. The van der Waals surface area contributed by atoms with Crippen molar-refractivity contribution >= 4 is 64.1 Å². The minimum absolute atomic E-state index is 0.00311. The van der Waals surface area contributed by atoms with Crippen molar-refractivity contribution in [1.29, 1.82) is 0 Å². The molecule has 6 nitrogen and oxygen atoms in total. The molecule has 1 aliphatic rings. The van der Waals surface area contributed by atoms with Crippen LogP contribution in [0.15, 0.2) is 37.8 Å². The Morgan fingerprint density at radius 3 is 2.69 bits per heavy atom. The Balaban J connectivity index is 1.53. The molecule has 2 amide bonds. The molecule has 1 unspecified atom stereocenters. The van der Waals surface area contributed by atoms with Crippen molar-refractivity contribution in [2.24, 2.45) is 0 Å². The van der Waals surface area contributed by atoms with Crippen LogP contribution in [0, 0.1) is 0 Å². The van der Waals surface area contributed by atoms with Crippen LogP contribution in [0.2, 0.25) is 0 Å². The molecule has 1 atom stereocenters. The van der Waals surface area contributed by atoms with Gasteiger partial charge in [-0.3, -0.25) is 9.59 Å². The van der Waals surface area contributed by atoms with Crippen LogP contribution in [-0.2, 0) is 9.59 Å². The number of hydrogen-bond acceptors (Lipinski definition) is 8. The number of nitrogens with one attached hydrogen (secondary N) is 1. The Kier molecular flexibility index (Phi) is 8.70. The summed E-state index contributed by atoms with van der Waals surface area (Å²) in [6.07, 6.45) is 1.89. The lowest BCUT2D eigenvalue weighted by molar-refractivity contribution is -0.118. The summed E-state index contributed by atoms with van der Waals surface area (Å²) in [7, 11) is 0. The van der Waals surface area contributed by atoms with Gasteiger partial charge in [-0.2, -0.15) is 0 Å². The first-order chi connectivity index (χ1) is 14.1. The Morgan fingerprint density at radius 2 is 1.93 bits per heavy atom. The second-order valence-electron chi connectivity index (χ2n) is 6.49. The van der Waals surface area contributed by atoms with Crippen molar-refractivity contribution in [3.8, 4) is 0 Å². The summed E-state index contributed by atoms with van der Waals surface area (Å²) in [6.45, 7) is 5.64. The molecule has 0 fully saturated rings. The van der Waals surface area contributed by atoms with Crippen LogP contribution < -0.4 is 10.2 Å². The van der Waals surface area contributed by atoms with Crippen molar-refractivity contribution in [1.82, 2.24) is 15.5 Å². The quantitative estimate of drug-likeness (QED) is 0.583. The standard InChI is InChI=1S/C19H24N4O2S4/c1-3-9-20-16(24)11-26-18-21-22-19(29-18)27-12-17(25)23-10-8-13(2)28-15-7-5-4-6-14(15)23/h4-7,13H,3,8-12H2,1-2H3,(H,20,24). The Labute approximate surface area is 188 Å². The molecule has 29 heavy (non-hydrogen) atoms. The monoisotopic (exact) mass is 468 g/mol. The van der Waals surface area contributed by atoms with Crippen molar-refractivity contribution in [3.05, 3.63) is 24.3 Å². The minimum atomic E-state index is 0.00311. The maximum atomic E-state index is 12.9. The molecule has 1 N–H and O–H groups in total. The van der Waals surface area contributed by atoms with E-state index in [1.54, 1.807) is 0 Å². The second kappa shape index (κ2) is 11.2. The fraction of sp³-hybridized carbons (Fsp3) is 0.474. The zero-order valence-electron chi connectivity index (χ0n) is 16.4. The molecule has 1 aromatic carbocycles. The third kappa shape index (κ3) is 6.63. The van der Waals surface area contributed by atoms with E-state index in [2.05, 4.69) is 28.5 Å². The van der Waals surface area contributed by atoms with E-state index in [4.69, 9.17) is 0 Å². The van der Waals surface area contributed by atoms with E-state index in [0.717, 1.165) is 38.6 Å². The molecule has 0 saturated carbocycles. The number of anilines is 1. The highest BCUT2D eigenvalue weighted by Crippen LogP contribution is 2.38. The lowest BCUT2D eigenvalue weighted by atomic mass is 10.2. The predicted octanol–water partition coefficient (Wildman–Crippen LogP) is 4.17. The topological polar surface area (TPSA) is 75.2 Å². The molecule has 1 aliphatic heterocycles. The van der Waals surface area contributed by atoms with Gasteiger partial charge in [0.2, 0.25) is 11.8 Å². The molecule has 10 heteroatoms. The number of fused-ring (bicyclic) bond motifs is 1. The highest BCUT2D eigenvalue weighted by molar-refractivity contribution is 8.03. The van der Waals surface area contributed by atoms with Gasteiger partial charge in [0, 0.05) is 23.2 Å². The molecule has 2 aromatic rings. The Bertz CT molecular complexity index is 845. The van der Waals surface area contributed by atoms with E-state index in [1.807, 2.05) is 41.8 Å². The number of aromatic nitrogens is 2. The molecule has 0 spiro atoms.